The quantitative estimate of drug-likeness (QED) is 0.441. The maximum absolute atomic E-state index is 13.4. The van der Waals surface area contributed by atoms with Crippen LogP contribution in [0, 0.1) is 19.8 Å². The van der Waals surface area contributed by atoms with Crippen molar-refractivity contribution in [3.8, 4) is 0 Å². The molecular formula is C25H28N6O2. The van der Waals surface area contributed by atoms with E-state index in [1.165, 1.54) is 0 Å². The molecule has 170 valence electrons. The first-order valence-corrected chi connectivity index (χ1v) is 11.5. The number of aromatic nitrogens is 1. The number of hydrogen-bond donors (Lipinski definition) is 5. The van der Waals surface area contributed by atoms with Crippen LogP contribution in [0.1, 0.15) is 58.2 Å². The standard InChI is InChI=1S/C25H28N6O2/c1-13-4-6-17(7-5-13)27-24(33)22-14(2)21(19-11-16-10-18(16)31(19)22)15(3)23(32)28-25(8-9-25)20-12-26-30-29-20/h4-7,12,16,18,26,29-30H,3,8-11H2,1-2H3,(H,27,33)(H,28,32). The van der Waals surface area contributed by atoms with E-state index in [4.69, 9.17) is 0 Å². The minimum atomic E-state index is -0.388. The summed E-state index contributed by atoms with van der Waals surface area (Å²) in [6, 6.07) is 8.13. The molecule has 2 aliphatic heterocycles. The summed E-state index contributed by atoms with van der Waals surface area (Å²) < 4.78 is 2.17. The van der Waals surface area contributed by atoms with Gasteiger partial charge in [0.1, 0.15) is 5.69 Å². The summed E-state index contributed by atoms with van der Waals surface area (Å²) in [7, 11) is 0. The third-order valence-electron chi connectivity index (χ3n) is 7.43. The van der Waals surface area contributed by atoms with Gasteiger partial charge in [0.2, 0.25) is 0 Å². The number of nitrogens with one attached hydrogen (secondary N) is 5. The molecule has 2 amide bonds. The van der Waals surface area contributed by atoms with Gasteiger partial charge in [-0.2, -0.15) is 5.53 Å². The Kier molecular flexibility index (Phi) is 4.26. The van der Waals surface area contributed by atoms with Gasteiger partial charge in [-0.15, -0.1) is 0 Å². The highest BCUT2D eigenvalue weighted by atomic mass is 16.2. The molecule has 0 saturated heterocycles. The number of hydrogen-bond acceptors (Lipinski definition) is 5. The van der Waals surface area contributed by atoms with Crippen LogP contribution >= 0.6 is 0 Å². The van der Waals surface area contributed by atoms with Gasteiger partial charge in [-0.05, 0) is 63.1 Å². The first kappa shape index (κ1) is 20.1. The molecule has 8 nitrogen and oxygen atoms in total. The van der Waals surface area contributed by atoms with Crippen LogP contribution in [0.25, 0.3) is 5.57 Å². The van der Waals surface area contributed by atoms with E-state index >= 15 is 0 Å². The summed E-state index contributed by atoms with van der Waals surface area (Å²) in [5.74, 6) is 0.228. The van der Waals surface area contributed by atoms with Gasteiger partial charge >= 0.3 is 0 Å². The Balaban J connectivity index is 1.30. The molecule has 2 saturated carbocycles. The molecule has 2 aromatic rings. The molecule has 6 rings (SSSR count). The van der Waals surface area contributed by atoms with Gasteiger partial charge in [0.25, 0.3) is 11.8 Å². The summed E-state index contributed by atoms with van der Waals surface area (Å²) in [5, 5.41) is 6.22. The summed E-state index contributed by atoms with van der Waals surface area (Å²) >= 11 is 0. The molecule has 2 fully saturated rings. The van der Waals surface area contributed by atoms with Gasteiger partial charge in [-0.3, -0.25) is 9.59 Å². The molecule has 4 aliphatic rings. The number of rotatable bonds is 6. The van der Waals surface area contributed by atoms with Crippen LogP contribution in [0.3, 0.4) is 0 Å². The molecule has 8 heteroatoms. The molecule has 33 heavy (non-hydrogen) atoms. The normalized spacial score (nSPS) is 22.9. The monoisotopic (exact) mass is 444 g/mol. The van der Waals surface area contributed by atoms with Crippen molar-refractivity contribution in [3.63, 3.8) is 0 Å². The largest absolute Gasteiger partial charge is 0.341 e. The highest BCUT2D eigenvalue weighted by Gasteiger charge is 2.51. The highest BCUT2D eigenvalue weighted by molar-refractivity contribution is 6.21. The van der Waals surface area contributed by atoms with Crippen LogP contribution < -0.4 is 27.0 Å². The SMILES string of the molecule is C=C(C(=O)NC1(C2=CNNN2)CC1)c1c(C)c(C(=O)Nc2ccc(C)cc2)n2c1CC1CC12. The minimum Gasteiger partial charge on any atom is -0.341 e. The van der Waals surface area contributed by atoms with Crippen molar-refractivity contribution in [2.24, 2.45) is 5.92 Å². The number of nitrogens with zero attached hydrogens (tertiary/aromatic N) is 1. The predicted molar refractivity (Wildman–Crippen MR) is 126 cm³/mol. The van der Waals surface area contributed by atoms with E-state index in [2.05, 4.69) is 38.2 Å². The third kappa shape index (κ3) is 3.16. The first-order valence-electron chi connectivity index (χ1n) is 11.5. The number of fused-ring (bicyclic) bond motifs is 3. The molecule has 5 N–H and O–H groups in total. The van der Waals surface area contributed by atoms with Crippen LogP contribution in [0.2, 0.25) is 0 Å². The first-order chi connectivity index (χ1) is 15.9. The third-order valence-corrected chi connectivity index (χ3v) is 7.43. The zero-order valence-corrected chi connectivity index (χ0v) is 18.8. The lowest BCUT2D eigenvalue weighted by Crippen LogP contribution is -2.44. The van der Waals surface area contributed by atoms with Crippen molar-refractivity contribution in [3.05, 3.63) is 70.8 Å². The number of amides is 2. The predicted octanol–water partition coefficient (Wildman–Crippen LogP) is 2.59. The van der Waals surface area contributed by atoms with E-state index in [1.54, 1.807) is 0 Å². The van der Waals surface area contributed by atoms with E-state index in [1.807, 2.05) is 44.3 Å². The number of hydrazine groups is 2. The van der Waals surface area contributed by atoms with Gasteiger partial charge in [0, 0.05) is 34.8 Å². The fourth-order valence-electron chi connectivity index (χ4n) is 5.36. The zero-order valence-electron chi connectivity index (χ0n) is 18.8. The lowest BCUT2D eigenvalue weighted by atomic mass is 9.98. The maximum Gasteiger partial charge on any atom is 0.272 e. The van der Waals surface area contributed by atoms with Crippen molar-refractivity contribution in [2.75, 3.05) is 5.32 Å². The molecule has 1 aromatic heterocycles. The lowest BCUT2D eigenvalue weighted by Gasteiger charge is -2.19. The Morgan fingerprint density at radius 3 is 2.61 bits per heavy atom. The van der Waals surface area contributed by atoms with Crippen LogP contribution in [0.4, 0.5) is 5.69 Å². The van der Waals surface area contributed by atoms with Crippen molar-refractivity contribution < 1.29 is 9.59 Å². The van der Waals surface area contributed by atoms with Crippen molar-refractivity contribution in [2.45, 2.75) is 51.1 Å². The molecule has 2 unspecified atom stereocenters. The Bertz CT molecular complexity index is 1230. The van der Waals surface area contributed by atoms with Crippen molar-refractivity contribution in [1.82, 2.24) is 26.3 Å². The molecule has 0 radical (unpaired) electrons. The Morgan fingerprint density at radius 1 is 1.18 bits per heavy atom. The Labute approximate surface area is 192 Å². The van der Waals surface area contributed by atoms with Crippen molar-refractivity contribution >= 4 is 23.1 Å². The molecule has 3 heterocycles. The lowest BCUT2D eigenvalue weighted by molar-refractivity contribution is -0.116. The smallest absolute Gasteiger partial charge is 0.272 e. The second-order valence-corrected chi connectivity index (χ2v) is 9.72. The average Bonchev–Trinajstić information content (AvgIpc) is 3.58. The number of aryl methyl sites for hydroxylation is 1. The number of anilines is 1. The fourth-order valence-corrected chi connectivity index (χ4v) is 5.36. The maximum atomic E-state index is 13.4. The minimum absolute atomic E-state index is 0.138. The number of carbonyl (C=O) groups is 2. The van der Waals surface area contributed by atoms with E-state index < -0.39 is 0 Å². The second kappa shape index (κ2) is 6.99. The van der Waals surface area contributed by atoms with E-state index in [0.717, 1.165) is 59.5 Å². The van der Waals surface area contributed by atoms with Gasteiger partial charge in [0.15, 0.2) is 0 Å². The average molecular weight is 445 g/mol. The van der Waals surface area contributed by atoms with Gasteiger partial charge in [-0.1, -0.05) is 24.3 Å². The fraction of sp³-hybridized carbons (Fsp3) is 0.360. The van der Waals surface area contributed by atoms with E-state index in [0.29, 0.717) is 23.2 Å². The molecule has 0 bridgehead atoms. The molecular weight excluding hydrogens is 416 g/mol. The Hall–Kier alpha value is -3.52. The van der Waals surface area contributed by atoms with Crippen molar-refractivity contribution in [1.29, 1.82) is 0 Å². The second-order valence-electron chi connectivity index (χ2n) is 9.72. The van der Waals surface area contributed by atoms with Gasteiger partial charge in [0.05, 0.1) is 11.2 Å². The molecule has 0 spiro atoms. The summed E-state index contributed by atoms with van der Waals surface area (Å²) in [4.78, 5) is 26.7. The van der Waals surface area contributed by atoms with Crippen LogP contribution in [0.5, 0.6) is 0 Å². The topological polar surface area (TPSA) is 99.2 Å². The van der Waals surface area contributed by atoms with Crippen LogP contribution in [-0.4, -0.2) is 21.9 Å². The molecule has 2 aliphatic carbocycles. The number of carbonyl (C=O) groups excluding carboxylic acids is 2. The zero-order chi connectivity index (χ0) is 22.9. The summed E-state index contributed by atoms with van der Waals surface area (Å²) in [6.45, 7) is 8.13. The molecule has 2 atom stereocenters. The summed E-state index contributed by atoms with van der Waals surface area (Å²) in [6.07, 6.45) is 5.55. The van der Waals surface area contributed by atoms with Gasteiger partial charge < -0.3 is 26.1 Å². The van der Waals surface area contributed by atoms with Gasteiger partial charge in [-0.25, -0.2) is 0 Å². The van der Waals surface area contributed by atoms with E-state index in [9.17, 15) is 9.59 Å². The number of benzene rings is 1. The summed E-state index contributed by atoms with van der Waals surface area (Å²) in [5.41, 5.74) is 15.0. The highest BCUT2D eigenvalue weighted by Crippen LogP contribution is 2.55. The van der Waals surface area contributed by atoms with Crippen LogP contribution in [0.15, 0.2) is 42.7 Å². The molecule has 1 aromatic carbocycles. The Morgan fingerprint density at radius 2 is 1.94 bits per heavy atom. The van der Waals surface area contributed by atoms with Crippen LogP contribution in [-0.2, 0) is 11.2 Å². The van der Waals surface area contributed by atoms with E-state index in [-0.39, 0.29) is 17.4 Å².